The van der Waals surface area contributed by atoms with E-state index >= 15 is 0 Å². The summed E-state index contributed by atoms with van der Waals surface area (Å²) in [5.74, 6) is 0.206. The molecule has 3 aliphatic rings. The highest BCUT2D eigenvalue weighted by Crippen LogP contribution is 2.39. The fraction of sp³-hybridized carbons (Fsp3) is 0.500. The minimum atomic E-state index is -0.435. The molecule has 1 aromatic carbocycles. The highest BCUT2D eigenvalue weighted by atomic mass is 32.2. The number of hydrogen-bond donors (Lipinski definition) is 0. The van der Waals surface area contributed by atoms with E-state index in [0.717, 1.165) is 57.2 Å². The van der Waals surface area contributed by atoms with Gasteiger partial charge in [0.2, 0.25) is 5.91 Å². The number of thiocarbonyl (C=S) groups is 1. The summed E-state index contributed by atoms with van der Waals surface area (Å²) in [5.41, 5.74) is 0.975. The van der Waals surface area contributed by atoms with Gasteiger partial charge < -0.3 is 4.90 Å². The first-order chi connectivity index (χ1) is 13.6. The maximum absolute atomic E-state index is 13.5. The van der Waals surface area contributed by atoms with Gasteiger partial charge in [0, 0.05) is 13.1 Å². The van der Waals surface area contributed by atoms with Gasteiger partial charge in [-0.05, 0) is 49.7 Å². The van der Waals surface area contributed by atoms with Crippen LogP contribution in [0.4, 0.5) is 0 Å². The zero-order chi connectivity index (χ0) is 19.5. The van der Waals surface area contributed by atoms with Crippen LogP contribution in [0.3, 0.4) is 0 Å². The van der Waals surface area contributed by atoms with Crippen molar-refractivity contribution in [1.82, 2.24) is 9.80 Å². The van der Waals surface area contributed by atoms with E-state index < -0.39 is 6.04 Å². The van der Waals surface area contributed by atoms with Crippen LogP contribution in [-0.4, -0.2) is 45.1 Å². The first-order valence-electron chi connectivity index (χ1n) is 10.3. The molecule has 4 rings (SSSR count). The largest absolute Gasteiger partial charge is 0.341 e. The molecular weight excluding hydrogens is 388 g/mol. The van der Waals surface area contributed by atoms with Crippen LogP contribution >= 0.6 is 24.0 Å². The number of carbonyl (C=O) groups is 2. The van der Waals surface area contributed by atoms with Crippen molar-refractivity contribution in [1.29, 1.82) is 0 Å². The van der Waals surface area contributed by atoms with Gasteiger partial charge in [-0.1, -0.05) is 67.2 Å². The van der Waals surface area contributed by atoms with E-state index in [9.17, 15) is 9.59 Å². The summed E-state index contributed by atoms with van der Waals surface area (Å²) < 4.78 is 0.523. The number of amides is 2. The van der Waals surface area contributed by atoms with E-state index in [0.29, 0.717) is 9.23 Å². The topological polar surface area (TPSA) is 40.6 Å². The lowest BCUT2D eigenvalue weighted by Gasteiger charge is -2.36. The van der Waals surface area contributed by atoms with Crippen LogP contribution in [-0.2, 0) is 9.59 Å². The summed E-state index contributed by atoms with van der Waals surface area (Å²) in [6, 6.07) is 9.37. The maximum atomic E-state index is 13.5. The lowest BCUT2D eigenvalue weighted by molar-refractivity contribution is -0.142. The van der Waals surface area contributed by atoms with Crippen LogP contribution in [0.15, 0.2) is 35.2 Å². The number of carbonyl (C=O) groups excluding carboxylic acids is 2. The third-order valence-corrected chi connectivity index (χ3v) is 7.30. The van der Waals surface area contributed by atoms with Crippen molar-refractivity contribution in [3.05, 3.63) is 40.8 Å². The minimum Gasteiger partial charge on any atom is -0.341 e. The quantitative estimate of drug-likeness (QED) is 0.539. The van der Waals surface area contributed by atoms with E-state index in [4.69, 9.17) is 12.2 Å². The van der Waals surface area contributed by atoms with E-state index in [-0.39, 0.29) is 17.7 Å². The zero-order valence-electron chi connectivity index (χ0n) is 16.0. The Balaban J connectivity index is 1.62. The predicted octanol–water partition coefficient (Wildman–Crippen LogP) is 4.46. The SMILES string of the molecule is O=C(C(C1CCCC1)N1C(=O)C(=Cc2ccccc2)SC1=S)N1CCCCC1. The Bertz CT molecular complexity index is 781. The average molecular weight is 415 g/mol. The van der Waals surface area contributed by atoms with Crippen LogP contribution in [0.5, 0.6) is 0 Å². The first kappa shape index (κ1) is 19.6. The fourth-order valence-electron chi connectivity index (χ4n) is 4.52. The van der Waals surface area contributed by atoms with Crippen molar-refractivity contribution in [2.45, 2.75) is 51.0 Å². The second-order valence-electron chi connectivity index (χ2n) is 7.84. The smallest absolute Gasteiger partial charge is 0.266 e. The first-order valence-corrected chi connectivity index (χ1v) is 11.5. The summed E-state index contributed by atoms with van der Waals surface area (Å²) in [5, 5.41) is 0. The molecule has 1 aromatic rings. The third kappa shape index (κ3) is 4.03. The molecule has 0 spiro atoms. The number of thioether (sulfide) groups is 1. The van der Waals surface area contributed by atoms with E-state index in [1.54, 1.807) is 4.90 Å². The second-order valence-corrected chi connectivity index (χ2v) is 9.51. The molecule has 2 amide bonds. The second kappa shape index (κ2) is 8.78. The molecule has 2 saturated heterocycles. The van der Waals surface area contributed by atoms with Crippen LogP contribution < -0.4 is 0 Å². The Morgan fingerprint density at radius 1 is 1.07 bits per heavy atom. The van der Waals surface area contributed by atoms with Crippen molar-refractivity contribution in [3.8, 4) is 0 Å². The number of benzene rings is 1. The molecular formula is C22H26N2O2S2. The molecule has 148 valence electrons. The number of piperidine rings is 1. The van der Waals surface area contributed by atoms with Gasteiger partial charge in [0.25, 0.3) is 5.91 Å². The molecule has 0 bridgehead atoms. The molecule has 6 heteroatoms. The average Bonchev–Trinajstić information content (AvgIpc) is 3.34. The molecule has 1 saturated carbocycles. The summed E-state index contributed by atoms with van der Waals surface area (Å²) in [7, 11) is 0. The van der Waals surface area contributed by atoms with Crippen LogP contribution in [0.25, 0.3) is 6.08 Å². The maximum Gasteiger partial charge on any atom is 0.266 e. The molecule has 1 unspecified atom stereocenters. The van der Waals surface area contributed by atoms with Crippen molar-refractivity contribution in [2.24, 2.45) is 5.92 Å². The van der Waals surface area contributed by atoms with E-state index in [2.05, 4.69) is 0 Å². The van der Waals surface area contributed by atoms with Gasteiger partial charge in [-0.25, -0.2) is 0 Å². The lowest BCUT2D eigenvalue weighted by Crippen LogP contribution is -2.54. The highest BCUT2D eigenvalue weighted by molar-refractivity contribution is 8.26. The number of likely N-dealkylation sites (tertiary alicyclic amines) is 1. The minimum absolute atomic E-state index is 0.101. The van der Waals surface area contributed by atoms with Crippen molar-refractivity contribution < 1.29 is 9.59 Å². The Kier molecular flexibility index (Phi) is 6.16. The summed E-state index contributed by atoms with van der Waals surface area (Å²) >= 11 is 6.93. The molecule has 2 aliphatic heterocycles. The van der Waals surface area contributed by atoms with Gasteiger partial charge in [-0.15, -0.1) is 0 Å². The predicted molar refractivity (Wildman–Crippen MR) is 118 cm³/mol. The van der Waals surface area contributed by atoms with Gasteiger partial charge in [0.05, 0.1) is 4.91 Å². The zero-order valence-corrected chi connectivity index (χ0v) is 17.6. The molecule has 3 fully saturated rings. The monoisotopic (exact) mass is 414 g/mol. The van der Waals surface area contributed by atoms with Crippen molar-refractivity contribution in [2.75, 3.05) is 13.1 Å². The van der Waals surface area contributed by atoms with Crippen LogP contribution in [0.1, 0.15) is 50.5 Å². The van der Waals surface area contributed by atoms with Crippen molar-refractivity contribution in [3.63, 3.8) is 0 Å². The van der Waals surface area contributed by atoms with Crippen molar-refractivity contribution >= 4 is 46.2 Å². The normalized spacial score (nSPS) is 23.6. The lowest BCUT2D eigenvalue weighted by atomic mass is 9.94. The molecule has 1 aliphatic carbocycles. The molecule has 0 radical (unpaired) electrons. The van der Waals surface area contributed by atoms with E-state index in [1.807, 2.05) is 41.3 Å². The van der Waals surface area contributed by atoms with E-state index in [1.165, 1.54) is 18.2 Å². The molecule has 0 aromatic heterocycles. The number of nitrogens with zero attached hydrogens (tertiary/aromatic N) is 2. The molecule has 0 N–H and O–H groups in total. The molecule has 28 heavy (non-hydrogen) atoms. The molecule has 1 atom stereocenters. The van der Waals surface area contributed by atoms with Crippen LogP contribution in [0.2, 0.25) is 0 Å². The Morgan fingerprint density at radius 2 is 1.75 bits per heavy atom. The van der Waals surface area contributed by atoms with Gasteiger partial charge in [0.1, 0.15) is 10.4 Å². The third-order valence-electron chi connectivity index (χ3n) is 5.97. The standard InChI is InChI=1S/C22H26N2O2S2/c25-20-18(15-16-9-3-1-4-10-16)28-22(27)24(20)19(17-11-5-6-12-17)21(26)23-13-7-2-8-14-23/h1,3-4,9-10,15,17,19H,2,5-8,11-14H2. The number of hydrogen-bond acceptors (Lipinski definition) is 4. The number of rotatable bonds is 4. The summed E-state index contributed by atoms with van der Waals surface area (Å²) in [6.07, 6.45) is 9.42. The van der Waals surface area contributed by atoms with Gasteiger partial charge in [-0.3, -0.25) is 14.5 Å². The Morgan fingerprint density at radius 3 is 2.43 bits per heavy atom. The molecule has 2 heterocycles. The summed E-state index contributed by atoms with van der Waals surface area (Å²) in [4.78, 5) is 31.0. The molecule has 4 nitrogen and oxygen atoms in total. The van der Waals surface area contributed by atoms with Gasteiger partial charge in [-0.2, -0.15) is 0 Å². The highest BCUT2D eigenvalue weighted by Gasteiger charge is 2.46. The van der Waals surface area contributed by atoms with Gasteiger partial charge >= 0.3 is 0 Å². The summed E-state index contributed by atoms with van der Waals surface area (Å²) in [6.45, 7) is 1.60. The van der Waals surface area contributed by atoms with Gasteiger partial charge in [0.15, 0.2) is 0 Å². The van der Waals surface area contributed by atoms with Crippen LogP contribution in [0, 0.1) is 5.92 Å². The Labute approximate surface area is 176 Å². The Hall–Kier alpha value is -1.66. The fourth-order valence-corrected chi connectivity index (χ4v) is 5.85.